The molecule has 5 heteroatoms. The highest BCUT2D eigenvalue weighted by molar-refractivity contribution is 5.95. The predicted octanol–water partition coefficient (Wildman–Crippen LogP) is 2.66. The molecule has 140 valence electrons. The zero-order valence-electron chi connectivity index (χ0n) is 15.5. The quantitative estimate of drug-likeness (QED) is 0.741. The van der Waals surface area contributed by atoms with Crippen LogP contribution in [0.1, 0.15) is 10.4 Å². The van der Waals surface area contributed by atoms with E-state index in [0.717, 1.165) is 5.69 Å². The summed E-state index contributed by atoms with van der Waals surface area (Å²) in [7, 11) is 0. The second-order valence-corrected chi connectivity index (χ2v) is 6.56. The van der Waals surface area contributed by atoms with Gasteiger partial charge < -0.3 is 9.80 Å². The minimum atomic E-state index is 0.0453. The fraction of sp³-hybridized carbons (Fsp3) is 0.273. The number of anilines is 1. The van der Waals surface area contributed by atoms with Gasteiger partial charge in [0.25, 0.3) is 5.91 Å². The minimum absolute atomic E-state index is 0.0453. The van der Waals surface area contributed by atoms with Crippen molar-refractivity contribution in [3.05, 3.63) is 78.9 Å². The molecule has 3 rings (SSSR count). The first-order chi connectivity index (χ1) is 13.2. The summed E-state index contributed by atoms with van der Waals surface area (Å²) < 4.78 is 0. The van der Waals surface area contributed by atoms with Crippen molar-refractivity contribution >= 4 is 17.5 Å². The molecule has 0 spiro atoms. The molecule has 27 heavy (non-hydrogen) atoms. The van der Waals surface area contributed by atoms with Gasteiger partial charge in [-0.15, -0.1) is 6.58 Å². The van der Waals surface area contributed by atoms with Gasteiger partial charge in [0, 0.05) is 44.0 Å². The van der Waals surface area contributed by atoms with Crippen LogP contribution in [0, 0.1) is 0 Å². The third kappa shape index (κ3) is 4.83. The maximum Gasteiger partial charge on any atom is 0.253 e. The topological polar surface area (TPSA) is 43.9 Å². The first-order valence-electron chi connectivity index (χ1n) is 9.22. The lowest BCUT2D eigenvalue weighted by Gasteiger charge is -2.35. The molecule has 1 aliphatic rings. The molecule has 0 unspecified atom stereocenters. The van der Waals surface area contributed by atoms with Gasteiger partial charge in [-0.25, -0.2) is 0 Å². The Hall–Kier alpha value is -2.92. The van der Waals surface area contributed by atoms with E-state index in [9.17, 15) is 9.59 Å². The standard InChI is InChI=1S/C22H25N3O2/c1-2-13-25(20-11-7-4-8-12-20)21(26)18-23-14-16-24(17-15-23)22(27)19-9-5-3-6-10-19/h2-12H,1,13-18H2. The lowest BCUT2D eigenvalue weighted by atomic mass is 10.2. The van der Waals surface area contributed by atoms with Crippen molar-refractivity contribution in [3.8, 4) is 0 Å². The average molecular weight is 363 g/mol. The van der Waals surface area contributed by atoms with Crippen LogP contribution in [0.25, 0.3) is 0 Å². The Morgan fingerprint density at radius 2 is 1.52 bits per heavy atom. The van der Waals surface area contributed by atoms with E-state index >= 15 is 0 Å². The molecular formula is C22H25N3O2. The number of hydrogen-bond donors (Lipinski definition) is 0. The summed E-state index contributed by atoms with van der Waals surface area (Å²) in [5, 5.41) is 0. The largest absolute Gasteiger partial charge is 0.336 e. The monoisotopic (exact) mass is 363 g/mol. The number of rotatable bonds is 6. The highest BCUT2D eigenvalue weighted by atomic mass is 16.2. The average Bonchev–Trinajstić information content (AvgIpc) is 2.73. The summed E-state index contributed by atoms with van der Waals surface area (Å²) in [6.45, 7) is 7.24. The Balaban J connectivity index is 1.56. The molecule has 1 aliphatic heterocycles. The number of carbonyl (C=O) groups is 2. The summed E-state index contributed by atoms with van der Waals surface area (Å²) in [4.78, 5) is 31.0. The Morgan fingerprint density at radius 1 is 0.926 bits per heavy atom. The van der Waals surface area contributed by atoms with Gasteiger partial charge in [-0.05, 0) is 24.3 Å². The molecule has 0 bridgehead atoms. The zero-order valence-corrected chi connectivity index (χ0v) is 15.5. The number of hydrogen-bond acceptors (Lipinski definition) is 3. The van der Waals surface area contributed by atoms with E-state index in [0.29, 0.717) is 44.8 Å². The van der Waals surface area contributed by atoms with E-state index < -0.39 is 0 Å². The van der Waals surface area contributed by atoms with Crippen molar-refractivity contribution in [1.82, 2.24) is 9.80 Å². The predicted molar refractivity (Wildman–Crippen MR) is 108 cm³/mol. The highest BCUT2D eigenvalue weighted by Crippen LogP contribution is 2.15. The summed E-state index contributed by atoms with van der Waals surface area (Å²) in [5.74, 6) is 0.100. The van der Waals surface area contributed by atoms with Crippen molar-refractivity contribution in [3.63, 3.8) is 0 Å². The number of carbonyl (C=O) groups excluding carboxylic acids is 2. The maximum absolute atomic E-state index is 12.8. The molecule has 0 saturated carbocycles. The van der Waals surface area contributed by atoms with Crippen molar-refractivity contribution in [2.75, 3.05) is 44.2 Å². The maximum atomic E-state index is 12.8. The van der Waals surface area contributed by atoms with Crippen LogP contribution < -0.4 is 4.90 Å². The van der Waals surface area contributed by atoms with Gasteiger partial charge in [0.05, 0.1) is 6.54 Å². The van der Waals surface area contributed by atoms with Gasteiger partial charge in [-0.1, -0.05) is 42.5 Å². The molecule has 1 heterocycles. The zero-order chi connectivity index (χ0) is 19.1. The summed E-state index contributed by atoms with van der Waals surface area (Å²) in [6.07, 6.45) is 1.74. The van der Waals surface area contributed by atoms with Crippen LogP contribution in [0.2, 0.25) is 0 Å². The van der Waals surface area contributed by atoms with Gasteiger partial charge in [0.15, 0.2) is 0 Å². The van der Waals surface area contributed by atoms with Crippen LogP contribution in [-0.4, -0.2) is 60.9 Å². The Bertz CT molecular complexity index is 769. The highest BCUT2D eigenvalue weighted by Gasteiger charge is 2.24. The molecule has 2 amide bonds. The number of benzene rings is 2. The van der Waals surface area contributed by atoms with Crippen LogP contribution in [0.4, 0.5) is 5.69 Å². The lowest BCUT2D eigenvalue weighted by Crippen LogP contribution is -2.51. The first-order valence-corrected chi connectivity index (χ1v) is 9.22. The van der Waals surface area contributed by atoms with Crippen LogP contribution in [0.15, 0.2) is 73.3 Å². The van der Waals surface area contributed by atoms with Crippen LogP contribution in [-0.2, 0) is 4.79 Å². The van der Waals surface area contributed by atoms with Crippen molar-refractivity contribution in [2.24, 2.45) is 0 Å². The van der Waals surface area contributed by atoms with E-state index in [1.807, 2.05) is 65.6 Å². The third-order valence-corrected chi connectivity index (χ3v) is 4.72. The number of amides is 2. The van der Waals surface area contributed by atoms with Crippen LogP contribution in [0.3, 0.4) is 0 Å². The summed E-state index contributed by atoms with van der Waals surface area (Å²) in [5.41, 5.74) is 1.59. The van der Waals surface area contributed by atoms with E-state index in [1.165, 1.54) is 0 Å². The van der Waals surface area contributed by atoms with E-state index in [2.05, 4.69) is 11.5 Å². The van der Waals surface area contributed by atoms with Crippen LogP contribution >= 0.6 is 0 Å². The number of piperazine rings is 1. The fourth-order valence-corrected chi connectivity index (χ4v) is 3.24. The van der Waals surface area contributed by atoms with E-state index in [1.54, 1.807) is 11.0 Å². The van der Waals surface area contributed by atoms with Gasteiger partial charge >= 0.3 is 0 Å². The lowest BCUT2D eigenvalue weighted by molar-refractivity contribution is -0.119. The summed E-state index contributed by atoms with van der Waals surface area (Å²) in [6, 6.07) is 19.0. The fourth-order valence-electron chi connectivity index (χ4n) is 3.24. The molecule has 5 nitrogen and oxygen atoms in total. The van der Waals surface area contributed by atoms with Crippen molar-refractivity contribution < 1.29 is 9.59 Å². The molecule has 2 aromatic rings. The van der Waals surface area contributed by atoms with Crippen molar-refractivity contribution in [2.45, 2.75) is 0 Å². The SMILES string of the molecule is C=CCN(C(=O)CN1CCN(C(=O)c2ccccc2)CC1)c1ccccc1. The second kappa shape index (κ2) is 9.14. The van der Waals surface area contributed by atoms with E-state index in [4.69, 9.17) is 0 Å². The Labute approximate surface area is 160 Å². The van der Waals surface area contributed by atoms with Crippen molar-refractivity contribution in [1.29, 1.82) is 0 Å². The Morgan fingerprint density at radius 3 is 2.11 bits per heavy atom. The van der Waals surface area contributed by atoms with Gasteiger partial charge in [-0.3, -0.25) is 14.5 Å². The number of para-hydroxylation sites is 1. The molecule has 2 aromatic carbocycles. The Kier molecular flexibility index (Phi) is 6.39. The van der Waals surface area contributed by atoms with Gasteiger partial charge in [0.2, 0.25) is 5.91 Å². The molecule has 1 fully saturated rings. The summed E-state index contributed by atoms with van der Waals surface area (Å²) >= 11 is 0. The second-order valence-electron chi connectivity index (χ2n) is 6.56. The molecule has 0 aromatic heterocycles. The third-order valence-electron chi connectivity index (χ3n) is 4.72. The minimum Gasteiger partial charge on any atom is -0.336 e. The first kappa shape index (κ1) is 18.9. The van der Waals surface area contributed by atoms with Gasteiger partial charge in [0.1, 0.15) is 0 Å². The van der Waals surface area contributed by atoms with E-state index in [-0.39, 0.29) is 11.8 Å². The van der Waals surface area contributed by atoms with Crippen LogP contribution in [0.5, 0.6) is 0 Å². The number of nitrogens with zero attached hydrogens (tertiary/aromatic N) is 3. The molecule has 0 aliphatic carbocycles. The molecule has 0 radical (unpaired) electrons. The molecule has 1 saturated heterocycles. The molecular weight excluding hydrogens is 338 g/mol. The van der Waals surface area contributed by atoms with Gasteiger partial charge in [-0.2, -0.15) is 0 Å². The molecule has 0 N–H and O–H groups in total. The molecule has 0 atom stereocenters. The normalized spacial score (nSPS) is 14.6. The smallest absolute Gasteiger partial charge is 0.253 e.